The van der Waals surface area contributed by atoms with Gasteiger partial charge >= 0.3 is 5.97 Å². The van der Waals surface area contributed by atoms with E-state index in [0.29, 0.717) is 52.9 Å². The average Bonchev–Trinajstić information content (AvgIpc) is 3.56. The van der Waals surface area contributed by atoms with Crippen LogP contribution in [-0.2, 0) is 16.1 Å². The van der Waals surface area contributed by atoms with Crippen LogP contribution >= 0.6 is 38.9 Å². The van der Waals surface area contributed by atoms with Crippen molar-refractivity contribution >= 4 is 50.9 Å². The van der Waals surface area contributed by atoms with E-state index in [1.807, 2.05) is 55.5 Å². The summed E-state index contributed by atoms with van der Waals surface area (Å²) in [7, 11) is 0. The Morgan fingerprint density at radius 1 is 1.14 bits per heavy atom. The summed E-state index contributed by atoms with van der Waals surface area (Å²) in [6, 6.07) is 16.3. The van der Waals surface area contributed by atoms with Gasteiger partial charge in [0, 0.05) is 0 Å². The number of carbonyl (C=O) groups excluding carboxylic acids is 1. The lowest BCUT2D eigenvalue weighted by Gasteiger charge is -2.24. The third-order valence-corrected chi connectivity index (χ3v) is 8.90. The number of ether oxygens (including phenoxy) is 4. The number of hydrogen-bond donors (Lipinski definition) is 0. The topological polar surface area (TPSA) is 88.4 Å². The molecule has 220 valence electrons. The molecule has 0 aliphatic carbocycles. The Kier molecular flexibility index (Phi) is 8.17. The van der Waals surface area contributed by atoms with Crippen molar-refractivity contribution in [2.45, 2.75) is 33.4 Å². The zero-order valence-electron chi connectivity index (χ0n) is 23.5. The quantitative estimate of drug-likeness (QED) is 0.228. The Balaban J connectivity index is 1.35. The molecule has 2 aliphatic rings. The van der Waals surface area contributed by atoms with Crippen LogP contribution in [0.15, 0.2) is 80.1 Å². The van der Waals surface area contributed by atoms with Crippen molar-refractivity contribution in [3.63, 3.8) is 0 Å². The first-order valence-electron chi connectivity index (χ1n) is 13.5. The fraction of sp³-hybridized carbons (Fsp3) is 0.219. The molecule has 6 rings (SSSR count). The zero-order chi connectivity index (χ0) is 30.2. The molecule has 11 heteroatoms. The summed E-state index contributed by atoms with van der Waals surface area (Å²) >= 11 is 11.5. The maximum Gasteiger partial charge on any atom is 0.338 e. The number of rotatable bonds is 7. The monoisotopic (exact) mass is 680 g/mol. The van der Waals surface area contributed by atoms with E-state index in [2.05, 4.69) is 20.9 Å². The smallest absolute Gasteiger partial charge is 0.338 e. The van der Waals surface area contributed by atoms with Crippen molar-refractivity contribution in [2.75, 3.05) is 13.4 Å². The van der Waals surface area contributed by atoms with Crippen molar-refractivity contribution in [3.05, 3.63) is 117 Å². The van der Waals surface area contributed by atoms with Gasteiger partial charge in [0.1, 0.15) is 6.61 Å². The van der Waals surface area contributed by atoms with Crippen LogP contribution in [-0.4, -0.2) is 23.9 Å². The highest BCUT2D eigenvalue weighted by Gasteiger charge is 2.33. The molecule has 0 N–H and O–H groups in total. The van der Waals surface area contributed by atoms with Gasteiger partial charge in [-0.1, -0.05) is 58.8 Å². The third-order valence-electron chi connectivity index (χ3n) is 7.05. The minimum Gasteiger partial charge on any atom is -0.486 e. The maximum atomic E-state index is 13.9. The Morgan fingerprint density at radius 2 is 1.91 bits per heavy atom. The van der Waals surface area contributed by atoms with E-state index in [4.69, 9.17) is 30.5 Å². The van der Waals surface area contributed by atoms with Gasteiger partial charge in [-0.3, -0.25) is 9.36 Å². The molecule has 0 spiro atoms. The first-order valence-corrected chi connectivity index (χ1v) is 15.5. The summed E-state index contributed by atoms with van der Waals surface area (Å²) in [5, 5.41) is 0.382. The van der Waals surface area contributed by atoms with Crippen LogP contribution in [0.5, 0.6) is 17.2 Å². The molecule has 0 bridgehead atoms. The molecule has 0 fully saturated rings. The number of fused-ring (bicyclic) bond motifs is 2. The molecule has 0 saturated carbocycles. The van der Waals surface area contributed by atoms with Gasteiger partial charge in [-0.15, -0.1) is 0 Å². The number of halogens is 2. The molecule has 3 heterocycles. The van der Waals surface area contributed by atoms with Gasteiger partial charge in [0.05, 0.1) is 37.9 Å². The van der Waals surface area contributed by atoms with E-state index in [1.54, 1.807) is 30.6 Å². The van der Waals surface area contributed by atoms with Crippen LogP contribution in [0.2, 0.25) is 5.02 Å². The van der Waals surface area contributed by atoms with Crippen LogP contribution < -0.4 is 29.1 Å². The molecular weight excluding hydrogens is 656 g/mol. The highest BCUT2D eigenvalue weighted by atomic mass is 79.9. The second-order valence-electron chi connectivity index (χ2n) is 10.0. The van der Waals surface area contributed by atoms with E-state index >= 15 is 0 Å². The molecule has 8 nitrogen and oxygen atoms in total. The summed E-state index contributed by atoms with van der Waals surface area (Å²) in [5.41, 5.74) is 4.07. The number of hydrogen-bond acceptors (Lipinski definition) is 8. The van der Waals surface area contributed by atoms with Crippen molar-refractivity contribution in [1.82, 2.24) is 4.57 Å². The van der Waals surface area contributed by atoms with Gasteiger partial charge in [0.2, 0.25) is 6.79 Å². The summed E-state index contributed by atoms with van der Waals surface area (Å²) in [6.45, 7) is 6.19. The van der Waals surface area contributed by atoms with Crippen LogP contribution in [0, 0.1) is 6.92 Å². The molecule has 0 saturated heterocycles. The third kappa shape index (κ3) is 5.74. The standard InChI is InChI=1S/C32H26BrClN2O6S/c1-4-39-31(38)27-18(3)35-32-36(28(27)21-8-5-17(2)6-9-21)30(37)26(43-32)14-20-11-22(33)29(23(34)12-20)40-15-19-7-10-24-25(13-19)42-16-41-24/h5-14,28H,4,15-16H2,1-3H3/b26-14+/t28-/m1/s1. The largest absolute Gasteiger partial charge is 0.486 e. The van der Waals surface area contributed by atoms with Crippen molar-refractivity contribution in [1.29, 1.82) is 0 Å². The van der Waals surface area contributed by atoms with E-state index < -0.39 is 12.0 Å². The minimum atomic E-state index is -0.666. The number of esters is 1. The summed E-state index contributed by atoms with van der Waals surface area (Å²) < 4.78 is 24.9. The van der Waals surface area contributed by atoms with E-state index in [1.165, 1.54) is 11.3 Å². The fourth-order valence-electron chi connectivity index (χ4n) is 4.99. The lowest BCUT2D eigenvalue weighted by Crippen LogP contribution is -2.39. The number of thiazole rings is 1. The molecule has 0 radical (unpaired) electrons. The summed E-state index contributed by atoms with van der Waals surface area (Å²) in [6.07, 6.45) is 1.76. The number of allylic oxidation sites excluding steroid dienone is 1. The average molecular weight is 682 g/mol. The second kappa shape index (κ2) is 12.0. The molecule has 1 aromatic heterocycles. The highest BCUT2D eigenvalue weighted by Crippen LogP contribution is 2.37. The number of nitrogens with zero attached hydrogens (tertiary/aromatic N) is 2. The van der Waals surface area contributed by atoms with Crippen molar-refractivity contribution in [2.24, 2.45) is 4.99 Å². The Hall–Kier alpha value is -3.86. The first-order chi connectivity index (χ1) is 20.7. The Labute approximate surface area is 264 Å². The molecule has 2 aliphatic heterocycles. The summed E-state index contributed by atoms with van der Waals surface area (Å²) in [5.74, 6) is 1.37. The number of aryl methyl sites for hydroxylation is 1. The lowest BCUT2D eigenvalue weighted by atomic mass is 9.95. The molecule has 0 unspecified atom stereocenters. The molecule has 3 aromatic carbocycles. The second-order valence-corrected chi connectivity index (χ2v) is 12.3. The van der Waals surface area contributed by atoms with Gasteiger partial charge in [-0.2, -0.15) is 0 Å². The summed E-state index contributed by atoms with van der Waals surface area (Å²) in [4.78, 5) is 32.1. The van der Waals surface area contributed by atoms with Crippen LogP contribution in [0.3, 0.4) is 0 Å². The zero-order valence-corrected chi connectivity index (χ0v) is 26.6. The fourth-order valence-corrected chi connectivity index (χ4v) is 7.03. The highest BCUT2D eigenvalue weighted by molar-refractivity contribution is 9.10. The predicted molar refractivity (Wildman–Crippen MR) is 168 cm³/mol. The molecule has 43 heavy (non-hydrogen) atoms. The van der Waals surface area contributed by atoms with Crippen LogP contribution in [0.4, 0.5) is 0 Å². The van der Waals surface area contributed by atoms with Crippen LogP contribution in [0.1, 0.15) is 42.1 Å². The first kappa shape index (κ1) is 29.2. The molecular formula is C32H26BrClN2O6S. The molecule has 1 atom stereocenters. The van der Waals surface area contributed by atoms with Crippen LogP contribution in [0.25, 0.3) is 6.08 Å². The maximum absolute atomic E-state index is 13.9. The van der Waals surface area contributed by atoms with E-state index in [9.17, 15) is 9.59 Å². The van der Waals surface area contributed by atoms with Gasteiger partial charge in [0.25, 0.3) is 5.56 Å². The van der Waals surface area contributed by atoms with Gasteiger partial charge in [0.15, 0.2) is 22.0 Å². The normalized spacial score (nSPS) is 15.7. The minimum absolute atomic E-state index is 0.204. The number of benzene rings is 3. The van der Waals surface area contributed by atoms with Crippen molar-refractivity contribution in [3.8, 4) is 17.2 Å². The Morgan fingerprint density at radius 3 is 2.65 bits per heavy atom. The number of aromatic nitrogens is 1. The molecule has 0 amide bonds. The lowest BCUT2D eigenvalue weighted by molar-refractivity contribution is -0.139. The van der Waals surface area contributed by atoms with E-state index in [0.717, 1.165) is 16.7 Å². The van der Waals surface area contributed by atoms with Crippen molar-refractivity contribution < 1.29 is 23.7 Å². The van der Waals surface area contributed by atoms with Gasteiger partial charge < -0.3 is 18.9 Å². The SMILES string of the molecule is CCOC(=O)C1=C(C)N=c2s/c(=C/c3cc(Cl)c(OCc4ccc5c(c4)OCO5)c(Br)c3)c(=O)n2[C@@H]1c1ccc(C)cc1. The van der Waals surface area contributed by atoms with Gasteiger partial charge in [-0.25, -0.2) is 9.79 Å². The number of carbonyl (C=O) groups is 1. The predicted octanol–water partition coefficient (Wildman–Crippen LogP) is 5.83. The van der Waals surface area contributed by atoms with Gasteiger partial charge in [-0.05, 0) is 83.7 Å². The Bertz CT molecular complexity index is 1940. The molecule has 4 aromatic rings. The van der Waals surface area contributed by atoms with E-state index in [-0.39, 0.29) is 25.6 Å².